The fourth-order valence-electron chi connectivity index (χ4n) is 4.34. The molecule has 0 radical (unpaired) electrons. The summed E-state index contributed by atoms with van der Waals surface area (Å²) < 4.78 is 0. The van der Waals surface area contributed by atoms with Gasteiger partial charge in [0.05, 0.1) is 15.1 Å². The summed E-state index contributed by atoms with van der Waals surface area (Å²) in [4.78, 5) is 0. The highest BCUT2D eigenvalue weighted by Gasteiger charge is 2.21. The van der Waals surface area contributed by atoms with Crippen molar-refractivity contribution >= 4 is 47.0 Å². The van der Waals surface area contributed by atoms with E-state index in [2.05, 4.69) is 0 Å². The molecule has 35 heavy (non-hydrogen) atoms. The first-order valence-electron chi connectivity index (χ1n) is 10.8. The Hall–Kier alpha value is -3.31. The fraction of sp³-hybridized carbons (Fsp3) is 0.0714. The van der Waals surface area contributed by atoms with Gasteiger partial charge in [-0.05, 0) is 77.1 Å². The lowest BCUT2D eigenvalue weighted by Crippen LogP contribution is -1.98. The predicted molar refractivity (Wildman–Crippen MR) is 142 cm³/mol. The van der Waals surface area contributed by atoms with Crippen LogP contribution in [0.25, 0.3) is 34.4 Å². The molecule has 0 heterocycles. The van der Waals surface area contributed by atoms with Crippen molar-refractivity contribution in [3.63, 3.8) is 0 Å². The minimum absolute atomic E-state index is 0.0312. The zero-order valence-corrected chi connectivity index (χ0v) is 20.5. The van der Waals surface area contributed by atoms with Gasteiger partial charge in [0, 0.05) is 16.7 Å². The summed E-state index contributed by atoms with van der Waals surface area (Å²) in [5.74, 6) is -0.293. The number of phenolic OH excluding ortho intramolecular Hbond substituents is 4. The molecule has 6 rings (SSSR count). The highest BCUT2D eigenvalue weighted by Crippen LogP contribution is 2.46. The Balaban J connectivity index is 1.79. The van der Waals surface area contributed by atoms with E-state index in [1.165, 1.54) is 0 Å². The third kappa shape index (κ3) is 4.19. The molecule has 0 fully saturated rings. The molecule has 0 aromatic heterocycles. The van der Waals surface area contributed by atoms with E-state index in [-0.39, 0.29) is 38.1 Å². The van der Waals surface area contributed by atoms with Gasteiger partial charge in [-0.3, -0.25) is 0 Å². The summed E-state index contributed by atoms with van der Waals surface area (Å²) in [6, 6.07) is 15.3. The van der Waals surface area contributed by atoms with Gasteiger partial charge in [-0.15, -0.1) is 0 Å². The molecule has 0 spiro atoms. The monoisotopic (exact) mass is 524 g/mol. The first kappa shape index (κ1) is 23.4. The van der Waals surface area contributed by atoms with Gasteiger partial charge in [0.2, 0.25) is 0 Å². The maximum absolute atomic E-state index is 11.0. The van der Waals surface area contributed by atoms with Gasteiger partial charge in [0.25, 0.3) is 0 Å². The largest absolute Gasteiger partial charge is 0.507 e. The lowest BCUT2D eigenvalue weighted by Gasteiger charge is -2.17. The van der Waals surface area contributed by atoms with Crippen molar-refractivity contribution < 1.29 is 20.4 Å². The molecule has 2 aliphatic carbocycles. The highest BCUT2D eigenvalue weighted by molar-refractivity contribution is 6.38. The molecular weight excluding hydrogens is 507 g/mol. The number of benzene rings is 4. The van der Waals surface area contributed by atoms with Crippen LogP contribution in [0.5, 0.6) is 23.0 Å². The second kappa shape index (κ2) is 9.04. The summed E-state index contributed by atoms with van der Waals surface area (Å²) in [5, 5.41) is 42.8. The molecule has 0 amide bonds. The standard InChI is InChI=1S/C28H19Cl3O4/c29-22-13-19-17(26(31)28(22)35)7-2-15-4-10-24(33)21(12-15)20-11-14(3-9-23(20)32)1-5-16-6-8-18(19)27(34)25(16)30/h1,3-6,8-13,32-35H,2,7H2/b5-1-. The van der Waals surface area contributed by atoms with E-state index in [0.29, 0.717) is 46.2 Å². The Bertz CT molecular complexity index is 1530. The molecule has 7 heteroatoms. The molecule has 6 bridgehead atoms. The maximum Gasteiger partial charge on any atom is 0.153 e. The van der Waals surface area contributed by atoms with Crippen LogP contribution in [0, 0.1) is 0 Å². The number of aryl methyl sites for hydroxylation is 1. The van der Waals surface area contributed by atoms with Crippen molar-refractivity contribution in [2.75, 3.05) is 0 Å². The second-order valence-electron chi connectivity index (χ2n) is 8.37. The molecule has 0 unspecified atom stereocenters. The maximum atomic E-state index is 11.0. The van der Waals surface area contributed by atoms with Gasteiger partial charge < -0.3 is 20.4 Å². The lowest BCUT2D eigenvalue weighted by molar-refractivity contribution is 0.469. The molecule has 0 atom stereocenters. The van der Waals surface area contributed by atoms with Crippen molar-refractivity contribution in [1.29, 1.82) is 0 Å². The average molecular weight is 526 g/mol. The Labute approximate surface area is 216 Å². The second-order valence-corrected chi connectivity index (χ2v) is 9.54. The smallest absolute Gasteiger partial charge is 0.153 e. The van der Waals surface area contributed by atoms with Gasteiger partial charge in [-0.1, -0.05) is 65.2 Å². The van der Waals surface area contributed by atoms with Crippen LogP contribution in [-0.4, -0.2) is 20.4 Å². The quantitative estimate of drug-likeness (QED) is 0.187. The number of aromatic hydroxyl groups is 4. The Morgan fingerprint density at radius 3 is 2.06 bits per heavy atom. The van der Waals surface area contributed by atoms with Crippen molar-refractivity contribution in [3.8, 4) is 45.3 Å². The van der Waals surface area contributed by atoms with E-state index >= 15 is 0 Å². The minimum atomic E-state index is -0.236. The Morgan fingerprint density at radius 1 is 0.571 bits per heavy atom. The van der Waals surface area contributed by atoms with Crippen molar-refractivity contribution in [2.45, 2.75) is 12.8 Å². The summed E-state index contributed by atoms with van der Waals surface area (Å²) in [6.45, 7) is 0. The third-order valence-electron chi connectivity index (χ3n) is 6.22. The van der Waals surface area contributed by atoms with Gasteiger partial charge >= 0.3 is 0 Å². The molecular formula is C28H19Cl3O4. The molecule has 4 nitrogen and oxygen atoms in total. The summed E-state index contributed by atoms with van der Waals surface area (Å²) >= 11 is 19.3. The van der Waals surface area contributed by atoms with E-state index in [9.17, 15) is 20.4 Å². The van der Waals surface area contributed by atoms with Crippen LogP contribution in [0.1, 0.15) is 22.3 Å². The first-order valence-corrected chi connectivity index (χ1v) is 11.9. The number of phenols is 4. The molecule has 4 aromatic carbocycles. The van der Waals surface area contributed by atoms with E-state index in [1.807, 2.05) is 6.07 Å². The number of hydrogen-bond acceptors (Lipinski definition) is 4. The zero-order valence-electron chi connectivity index (χ0n) is 18.2. The number of hydrogen-bond donors (Lipinski definition) is 4. The number of fused-ring (bicyclic) bond motifs is 3. The van der Waals surface area contributed by atoms with Crippen molar-refractivity contribution in [3.05, 3.63) is 91.9 Å². The van der Waals surface area contributed by atoms with Gasteiger partial charge in [0.15, 0.2) is 5.75 Å². The van der Waals surface area contributed by atoms with Crippen LogP contribution < -0.4 is 0 Å². The molecule has 2 aliphatic rings. The molecule has 0 aliphatic heterocycles. The Kier molecular flexibility index (Phi) is 6.06. The topological polar surface area (TPSA) is 80.9 Å². The summed E-state index contributed by atoms with van der Waals surface area (Å²) in [6.07, 6.45) is 4.44. The van der Waals surface area contributed by atoms with E-state index in [4.69, 9.17) is 34.8 Å². The van der Waals surface area contributed by atoms with E-state index in [1.54, 1.807) is 60.7 Å². The van der Waals surface area contributed by atoms with Crippen LogP contribution in [0.3, 0.4) is 0 Å². The van der Waals surface area contributed by atoms with Crippen molar-refractivity contribution in [2.24, 2.45) is 0 Å². The third-order valence-corrected chi connectivity index (χ3v) is 7.31. The van der Waals surface area contributed by atoms with Gasteiger partial charge in [0.1, 0.15) is 17.2 Å². The number of halogens is 3. The van der Waals surface area contributed by atoms with Crippen LogP contribution in [0.2, 0.25) is 15.1 Å². The van der Waals surface area contributed by atoms with Crippen molar-refractivity contribution in [1.82, 2.24) is 0 Å². The average Bonchev–Trinajstić information content (AvgIpc) is 2.84. The van der Waals surface area contributed by atoms with Crippen LogP contribution in [0.15, 0.2) is 54.6 Å². The molecule has 0 saturated heterocycles. The first-order chi connectivity index (χ1) is 16.7. The normalized spacial score (nSPS) is 13.5. The molecule has 0 saturated carbocycles. The van der Waals surface area contributed by atoms with Crippen LogP contribution in [0.4, 0.5) is 0 Å². The molecule has 176 valence electrons. The van der Waals surface area contributed by atoms with Crippen LogP contribution in [-0.2, 0) is 12.8 Å². The highest BCUT2D eigenvalue weighted by atomic mass is 35.5. The van der Waals surface area contributed by atoms with Gasteiger partial charge in [-0.2, -0.15) is 0 Å². The fourth-order valence-corrected chi connectivity index (χ4v) is 5.12. The van der Waals surface area contributed by atoms with E-state index in [0.717, 1.165) is 11.1 Å². The Morgan fingerprint density at radius 2 is 1.29 bits per heavy atom. The zero-order chi connectivity index (χ0) is 24.9. The molecule has 4 N–H and O–H groups in total. The number of rotatable bonds is 0. The van der Waals surface area contributed by atoms with E-state index < -0.39 is 0 Å². The van der Waals surface area contributed by atoms with Crippen LogP contribution >= 0.6 is 34.8 Å². The summed E-state index contributed by atoms with van der Waals surface area (Å²) in [5.41, 5.74) is 4.79. The minimum Gasteiger partial charge on any atom is -0.507 e. The SMILES string of the molecule is Oc1ccc2cc1-c1cc(ccc1O)CCc1c(cc(Cl)c(O)c1Cl)-c1ccc(c(Cl)c1O)/C=C\2. The van der Waals surface area contributed by atoms with Gasteiger partial charge in [-0.25, -0.2) is 0 Å². The lowest BCUT2D eigenvalue weighted by atomic mass is 9.91. The molecule has 4 aromatic rings. The summed E-state index contributed by atoms with van der Waals surface area (Å²) in [7, 11) is 0. The predicted octanol–water partition coefficient (Wildman–Crippen LogP) is 8.07.